The van der Waals surface area contributed by atoms with E-state index in [9.17, 15) is 0 Å². The van der Waals surface area contributed by atoms with E-state index in [2.05, 4.69) is 179 Å². The molecule has 10 aromatic rings. The average Bonchev–Trinajstić information content (AvgIpc) is 3.59. The summed E-state index contributed by atoms with van der Waals surface area (Å²) in [6, 6.07) is 55.5. The van der Waals surface area contributed by atoms with Crippen molar-refractivity contribution >= 4 is 121 Å². The molecule has 0 amide bonds. The standard InChI is InChI=1S/C48H35B5O/c49-44-43(45(50)47(52)48(53)46(44)51)42-36-14-5-3-12-34(36)41(35-13-4-6-15-37(35)42)27-19-17-26(18-20-27)30-23-28-9-1-2-10-31(28)38(24-30)29-21-22-33-32-11-7-8-16-39(32)54-40(33)25-29/h1-25H,49-53H2. The molecule has 1 nitrogen and oxygen atoms in total. The smallest absolute Gasteiger partial charge is 0.139 e. The Hall–Kier alpha value is -6.12. The molecule has 1 aromatic heterocycles. The zero-order chi connectivity index (χ0) is 36.7. The van der Waals surface area contributed by atoms with Crippen molar-refractivity contribution in [2.24, 2.45) is 0 Å². The molecule has 1 heterocycles. The predicted molar refractivity (Wildman–Crippen MR) is 249 cm³/mol. The third-order valence-corrected chi connectivity index (χ3v) is 12.2. The minimum absolute atomic E-state index is 0.913. The van der Waals surface area contributed by atoms with E-state index in [1.165, 1.54) is 98.6 Å². The lowest BCUT2D eigenvalue weighted by Gasteiger charge is -2.24. The van der Waals surface area contributed by atoms with Gasteiger partial charge in [-0.05, 0) is 107 Å². The maximum absolute atomic E-state index is 6.32. The van der Waals surface area contributed by atoms with Crippen LogP contribution in [0.4, 0.5) is 0 Å². The molecule has 0 aliphatic carbocycles. The second-order valence-electron chi connectivity index (χ2n) is 15.0. The van der Waals surface area contributed by atoms with Gasteiger partial charge in [-0.15, -0.1) is 16.4 Å². The molecule has 248 valence electrons. The van der Waals surface area contributed by atoms with Crippen LogP contribution in [-0.2, 0) is 0 Å². The molecule has 0 aliphatic heterocycles. The Balaban J connectivity index is 1.14. The van der Waals surface area contributed by atoms with Gasteiger partial charge in [0.05, 0.1) is 0 Å². The van der Waals surface area contributed by atoms with Crippen LogP contribution < -0.4 is 27.3 Å². The van der Waals surface area contributed by atoms with E-state index in [0.717, 1.165) is 27.5 Å². The van der Waals surface area contributed by atoms with Crippen molar-refractivity contribution in [3.63, 3.8) is 0 Å². The molecule has 0 spiro atoms. The van der Waals surface area contributed by atoms with E-state index in [1.807, 2.05) is 12.1 Å². The molecular weight excluding hydrogens is 647 g/mol. The SMILES string of the molecule is Bc1c(B)c(B)c(-c2c3ccccc3c(-c3ccc(-c4cc(-c5ccc6c(c5)oc5ccccc56)c5ccccc5c4)cc3)c3ccccc23)c(B)c1B. The zero-order valence-corrected chi connectivity index (χ0v) is 31.3. The number of furan rings is 1. The minimum atomic E-state index is 0.913. The van der Waals surface area contributed by atoms with Crippen molar-refractivity contribution in [3.8, 4) is 44.5 Å². The van der Waals surface area contributed by atoms with Crippen molar-refractivity contribution in [1.82, 2.24) is 0 Å². The van der Waals surface area contributed by atoms with Crippen LogP contribution in [0.25, 0.3) is 98.8 Å². The molecule has 6 heteroatoms. The number of hydrogen-bond acceptors (Lipinski definition) is 1. The summed E-state index contributed by atoms with van der Waals surface area (Å²) in [5.74, 6) is 0. The molecule has 0 unspecified atom stereocenters. The molecular formula is C48H35B5O. The minimum Gasteiger partial charge on any atom is -0.456 e. The lowest BCUT2D eigenvalue weighted by molar-refractivity contribution is 0.669. The molecule has 0 N–H and O–H groups in total. The zero-order valence-electron chi connectivity index (χ0n) is 31.3. The topological polar surface area (TPSA) is 13.1 Å². The number of rotatable bonds is 4. The maximum Gasteiger partial charge on any atom is 0.139 e. The Labute approximate surface area is 320 Å². The Morgan fingerprint density at radius 3 is 1.43 bits per heavy atom. The lowest BCUT2D eigenvalue weighted by Crippen LogP contribution is -2.55. The molecule has 10 rings (SSSR count). The van der Waals surface area contributed by atoms with Crippen LogP contribution in [0, 0.1) is 0 Å². The fourth-order valence-electron chi connectivity index (χ4n) is 9.02. The van der Waals surface area contributed by atoms with Crippen LogP contribution in [0.3, 0.4) is 0 Å². The third-order valence-electron chi connectivity index (χ3n) is 12.2. The van der Waals surface area contributed by atoms with Gasteiger partial charge in [0.1, 0.15) is 50.4 Å². The Kier molecular flexibility index (Phi) is 7.53. The average molecular weight is 682 g/mol. The molecule has 9 aromatic carbocycles. The lowest BCUT2D eigenvalue weighted by atomic mass is 9.59. The fourth-order valence-corrected chi connectivity index (χ4v) is 9.02. The third kappa shape index (κ3) is 4.93. The van der Waals surface area contributed by atoms with Gasteiger partial charge in [-0.1, -0.05) is 132 Å². The van der Waals surface area contributed by atoms with Crippen molar-refractivity contribution in [2.75, 3.05) is 0 Å². The Morgan fingerprint density at radius 1 is 0.296 bits per heavy atom. The fraction of sp³-hybridized carbons (Fsp3) is 0. The van der Waals surface area contributed by atoms with E-state index >= 15 is 0 Å². The Bertz CT molecular complexity index is 3070. The highest BCUT2D eigenvalue weighted by Gasteiger charge is 2.21. The summed E-state index contributed by atoms with van der Waals surface area (Å²) >= 11 is 0. The molecule has 0 saturated carbocycles. The van der Waals surface area contributed by atoms with Gasteiger partial charge in [0.2, 0.25) is 0 Å². The second kappa shape index (κ2) is 12.5. The van der Waals surface area contributed by atoms with Crippen LogP contribution in [0.5, 0.6) is 0 Å². The van der Waals surface area contributed by atoms with Crippen LogP contribution in [0.1, 0.15) is 0 Å². The van der Waals surface area contributed by atoms with Crippen LogP contribution in [-0.4, -0.2) is 39.2 Å². The van der Waals surface area contributed by atoms with Gasteiger partial charge >= 0.3 is 0 Å². The number of benzene rings is 9. The molecule has 0 aliphatic rings. The molecule has 54 heavy (non-hydrogen) atoms. The normalized spacial score (nSPS) is 11.7. The van der Waals surface area contributed by atoms with Gasteiger partial charge in [-0.25, -0.2) is 0 Å². The molecule has 0 fully saturated rings. The maximum atomic E-state index is 6.32. The van der Waals surface area contributed by atoms with Crippen LogP contribution >= 0.6 is 0 Å². The second-order valence-corrected chi connectivity index (χ2v) is 15.0. The van der Waals surface area contributed by atoms with Crippen LogP contribution in [0.15, 0.2) is 156 Å². The number of para-hydroxylation sites is 1. The summed E-state index contributed by atoms with van der Waals surface area (Å²) in [6.07, 6.45) is 0. The van der Waals surface area contributed by atoms with Gasteiger partial charge < -0.3 is 4.42 Å². The molecule has 0 radical (unpaired) electrons. The van der Waals surface area contributed by atoms with Crippen molar-refractivity contribution < 1.29 is 4.42 Å². The first-order valence-electron chi connectivity index (χ1n) is 18.9. The van der Waals surface area contributed by atoms with Gasteiger partial charge in [0, 0.05) is 10.8 Å². The first-order chi connectivity index (χ1) is 26.4. The summed E-state index contributed by atoms with van der Waals surface area (Å²) in [6.45, 7) is 0. The van der Waals surface area contributed by atoms with E-state index in [4.69, 9.17) is 4.42 Å². The van der Waals surface area contributed by atoms with E-state index in [1.54, 1.807) is 0 Å². The van der Waals surface area contributed by atoms with Gasteiger partial charge in [0.15, 0.2) is 0 Å². The summed E-state index contributed by atoms with van der Waals surface area (Å²) in [5, 5.41) is 9.90. The molecule has 0 saturated heterocycles. The van der Waals surface area contributed by atoms with Crippen molar-refractivity contribution in [2.45, 2.75) is 0 Å². The highest BCUT2D eigenvalue weighted by atomic mass is 16.3. The van der Waals surface area contributed by atoms with Gasteiger partial charge in [-0.2, -0.15) is 0 Å². The highest BCUT2D eigenvalue weighted by Crippen LogP contribution is 2.44. The first kappa shape index (κ1) is 32.5. The van der Waals surface area contributed by atoms with Gasteiger partial charge in [-0.3, -0.25) is 0 Å². The predicted octanol–water partition coefficient (Wildman–Crippen LogP) is 5.01. The molecule has 0 bridgehead atoms. The van der Waals surface area contributed by atoms with E-state index in [0.29, 0.717) is 0 Å². The number of fused-ring (bicyclic) bond motifs is 6. The van der Waals surface area contributed by atoms with Crippen molar-refractivity contribution in [3.05, 3.63) is 152 Å². The van der Waals surface area contributed by atoms with E-state index < -0.39 is 0 Å². The van der Waals surface area contributed by atoms with Crippen molar-refractivity contribution in [1.29, 1.82) is 0 Å². The quantitative estimate of drug-likeness (QED) is 0.188. The molecule has 0 atom stereocenters. The summed E-state index contributed by atoms with van der Waals surface area (Å²) < 4.78 is 6.32. The largest absolute Gasteiger partial charge is 0.456 e. The summed E-state index contributed by atoms with van der Waals surface area (Å²) in [7, 11) is 11.4. The van der Waals surface area contributed by atoms with E-state index in [-0.39, 0.29) is 0 Å². The monoisotopic (exact) mass is 682 g/mol. The summed E-state index contributed by atoms with van der Waals surface area (Å²) in [4.78, 5) is 0. The number of hydrogen-bond donors (Lipinski definition) is 0. The highest BCUT2D eigenvalue weighted by molar-refractivity contribution is 6.69. The first-order valence-corrected chi connectivity index (χ1v) is 18.9. The van der Waals surface area contributed by atoms with Crippen LogP contribution in [0.2, 0.25) is 0 Å². The Morgan fingerprint density at radius 2 is 0.778 bits per heavy atom. The van der Waals surface area contributed by atoms with Gasteiger partial charge in [0.25, 0.3) is 0 Å². The summed E-state index contributed by atoms with van der Waals surface area (Å²) in [5.41, 5.74) is 18.7.